The number of halogens is 1. The summed E-state index contributed by atoms with van der Waals surface area (Å²) in [6.45, 7) is 1.88. The highest BCUT2D eigenvalue weighted by atomic mass is 79.9. The molecule has 0 unspecified atom stereocenters. The molecule has 0 heterocycles. The molecule has 0 N–H and O–H groups in total. The first-order chi connectivity index (χ1) is 7.69. The number of methoxy groups -OCH3 is 1. The number of benzene rings is 1. The average Bonchev–Trinajstić information content (AvgIpc) is 2.30. The number of rotatable bonds is 5. The van der Waals surface area contributed by atoms with Crippen LogP contribution in [0.2, 0.25) is 0 Å². The standard InChI is InChI=1S/C11H13BrO4/c1-3-10(13)16-9-6-4-5-8(11(9)12)15-7-14-2/h4-6H,3,7H2,1-2H3. The van der Waals surface area contributed by atoms with Crippen LogP contribution in [0.15, 0.2) is 22.7 Å². The van der Waals surface area contributed by atoms with E-state index in [1.165, 1.54) is 7.11 Å². The van der Waals surface area contributed by atoms with Crippen molar-refractivity contribution in [3.8, 4) is 11.5 Å². The summed E-state index contributed by atoms with van der Waals surface area (Å²) in [5.74, 6) is 0.730. The number of esters is 1. The molecule has 0 amide bonds. The van der Waals surface area contributed by atoms with E-state index < -0.39 is 0 Å². The first-order valence-corrected chi connectivity index (χ1v) is 5.59. The highest BCUT2D eigenvalue weighted by molar-refractivity contribution is 9.10. The maximum absolute atomic E-state index is 11.2. The fourth-order valence-electron chi connectivity index (χ4n) is 0.998. The van der Waals surface area contributed by atoms with E-state index in [1.54, 1.807) is 25.1 Å². The monoisotopic (exact) mass is 288 g/mol. The van der Waals surface area contributed by atoms with Crippen LogP contribution >= 0.6 is 15.9 Å². The fraction of sp³-hybridized carbons (Fsp3) is 0.364. The molecule has 0 aliphatic carbocycles. The van der Waals surface area contributed by atoms with E-state index >= 15 is 0 Å². The Labute approximate surface area is 103 Å². The van der Waals surface area contributed by atoms with Gasteiger partial charge in [-0.2, -0.15) is 0 Å². The minimum absolute atomic E-state index is 0.143. The van der Waals surface area contributed by atoms with Gasteiger partial charge < -0.3 is 14.2 Å². The lowest BCUT2D eigenvalue weighted by molar-refractivity contribution is -0.134. The van der Waals surface area contributed by atoms with E-state index in [9.17, 15) is 4.79 Å². The van der Waals surface area contributed by atoms with Gasteiger partial charge in [0, 0.05) is 13.5 Å². The van der Waals surface area contributed by atoms with Crippen molar-refractivity contribution in [2.24, 2.45) is 0 Å². The second-order valence-electron chi connectivity index (χ2n) is 2.95. The molecule has 0 aromatic heterocycles. The molecule has 0 saturated carbocycles. The van der Waals surface area contributed by atoms with Gasteiger partial charge in [0.25, 0.3) is 0 Å². The van der Waals surface area contributed by atoms with Gasteiger partial charge in [-0.15, -0.1) is 0 Å². The van der Waals surface area contributed by atoms with Gasteiger partial charge in [0.2, 0.25) is 0 Å². The fourth-order valence-corrected chi connectivity index (χ4v) is 1.46. The zero-order valence-electron chi connectivity index (χ0n) is 9.16. The molecule has 0 atom stereocenters. The SMILES string of the molecule is CCC(=O)Oc1cccc(OCOC)c1Br. The summed E-state index contributed by atoms with van der Waals surface area (Å²) in [7, 11) is 1.54. The summed E-state index contributed by atoms with van der Waals surface area (Å²) in [6, 6.07) is 5.19. The molecule has 16 heavy (non-hydrogen) atoms. The Morgan fingerprint density at radius 1 is 1.38 bits per heavy atom. The molecule has 5 heteroatoms. The molecule has 1 aromatic rings. The van der Waals surface area contributed by atoms with Crippen molar-refractivity contribution in [1.29, 1.82) is 0 Å². The van der Waals surface area contributed by atoms with Gasteiger partial charge in [0.05, 0.1) is 0 Å². The maximum Gasteiger partial charge on any atom is 0.310 e. The minimum atomic E-state index is -0.287. The van der Waals surface area contributed by atoms with Crippen LogP contribution in [0, 0.1) is 0 Å². The van der Waals surface area contributed by atoms with Gasteiger partial charge in [-0.3, -0.25) is 4.79 Å². The van der Waals surface area contributed by atoms with Crippen molar-refractivity contribution in [3.63, 3.8) is 0 Å². The van der Waals surface area contributed by atoms with Crippen LogP contribution < -0.4 is 9.47 Å². The molecule has 88 valence electrons. The Morgan fingerprint density at radius 3 is 2.69 bits per heavy atom. The van der Waals surface area contributed by atoms with E-state index in [4.69, 9.17) is 14.2 Å². The lowest BCUT2D eigenvalue weighted by Gasteiger charge is -2.10. The second-order valence-corrected chi connectivity index (χ2v) is 3.74. The highest BCUT2D eigenvalue weighted by Gasteiger charge is 2.10. The van der Waals surface area contributed by atoms with Crippen LogP contribution in [0.1, 0.15) is 13.3 Å². The number of carbonyl (C=O) groups is 1. The van der Waals surface area contributed by atoms with E-state index in [0.29, 0.717) is 22.4 Å². The van der Waals surface area contributed by atoms with Crippen LogP contribution in [-0.2, 0) is 9.53 Å². The summed E-state index contributed by atoms with van der Waals surface area (Å²) in [4.78, 5) is 11.2. The molecule has 0 aliphatic heterocycles. The molecule has 0 radical (unpaired) electrons. The zero-order chi connectivity index (χ0) is 12.0. The van der Waals surface area contributed by atoms with Crippen molar-refractivity contribution in [3.05, 3.63) is 22.7 Å². The number of hydrogen-bond acceptors (Lipinski definition) is 4. The predicted molar refractivity (Wildman–Crippen MR) is 62.6 cm³/mol. The van der Waals surface area contributed by atoms with Crippen LogP contribution in [0.5, 0.6) is 11.5 Å². The van der Waals surface area contributed by atoms with Crippen molar-refractivity contribution in [2.45, 2.75) is 13.3 Å². The quantitative estimate of drug-likeness (QED) is 0.475. The highest BCUT2D eigenvalue weighted by Crippen LogP contribution is 2.34. The van der Waals surface area contributed by atoms with Gasteiger partial charge in [0.15, 0.2) is 6.79 Å². The molecule has 0 saturated heterocycles. The lowest BCUT2D eigenvalue weighted by Crippen LogP contribution is -2.06. The predicted octanol–water partition coefficient (Wildman–Crippen LogP) is 2.75. The van der Waals surface area contributed by atoms with Crippen LogP contribution in [0.25, 0.3) is 0 Å². The third kappa shape index (κ3) is 3.50. The van der Waals surface area contributed by atoms with Crippen LogP contribution in [0.4, 0.5) is 0 Å². The van der Waals surface area contributed by atoms with E-state index in [1.807, 2.05) is 0 Å². The largest absolute Gasteiger partial charge is 0.466 e. The summed E-state index contributed by atoms with van der Waals surface area (Å²) in [5, 5.41) is 0. The Balaban J connectivity index is 2.81. The molecule has 0 aliphatic rings. The molecular weight excluding hydrogens is 276 g/mol. The van der Waals surface area contributed by atoms with Gasteiger partial charge in [-0.25, -0.2) is 0 Å². The Kier molecular flexibility index (Phi) is 5.28. The van der Waals surface area contributed by atoms with Crippen molar-refractivity contribution in [1.82, 2.24) is 0 Å². The Bertz CT molecular complexity index is 365. The summed E-state index contributed by atoms with van der Waals surface area (Å²) in [6.07, 6.45) is 0.329. The minimum Gasteiger partial charge on any atom is -0.466 e. The van der Waals surface area contributed by atoms with Gasteiger partial charge >= 0.3 is 5.97 Å². The molecular formula is C11H13BrO4. The maximum atomic E-state index is 11.2. The number of ether oxygens (including phenoxy) is 3. The van der Waals surface area contributed by atoms with Crippen LogP contribution in [-0.4, -0.2) is 19.9 Å². The second kappa shape index (κ2) is 6.50. The van der Waals surface area contributed by atoms with Crippen LogP contribution in [0.3, 0.4) is 0 Å². The smallest absolute Gasteiger partial charge is 0.310 e. The third-order valence-corrected chi connectivity index (χ3v) is 2.55. The van der Waals surface area contributed by atoms with Gasteiger partial charge in [-0.1, -0.05) is 13.0 Å². The first-order valence-electron chi connectivity index (χ1n) is 4.80. The molecule has 1 rings (SSSR count). The molecule has 4 nitrogen and oxygen atoms in total. The topological polar surface area (TPSA) is 44.8 Å². The molecule has 0 fully saturated rings. The first kappa shape index (κ1) is 13.0. The molecule has 0 bridgehead atoms. The summed E-state index contributed by atoms with van der Waals surface area (Å²) < 4.78 is 15.8. The molecule has 0 spiro atoms. The normalized spacial score (nSPS) is 9.94. The summed E-state index contributed by atoms with van der Waals surface area (Å²) >= 11 is 3.31. The van der Waals surface area contributed by atoms with E-state index in [0.717, 1.165) is 0 Å². The van der Waals surface area contributed by atoms with E-state index in [2.05, 4.69) is 15.9 Å². The molecule has 1 aromatic carbocycles. The summed E-state index contributed by atoms with van der Waals surface area (Å²) in [5.41, 5.74) is 0. The Morgan fingerprint density at radius 2 is 2.06 bits per heavy atom. The average molecular weight is 289 g/mol. The number of hydrogen-bond donors (Lipinski definition) is 0. The van der Waals surface area contributed by atoms with E-state index in [-0.39, 0.29) is 12.8 Å². The zero-order valence-corrected chi connectivity index (χ0v) is 10.7. The van der Waals surface area contributed by atoms with Crippen molar-refractivity contribution in [2.75, 3.05) is 13.9 Å². The number of carbonyl (C=O) groups excluding carboxylic acids is 1. The van der Waals surface area contributed by atoms with Gasteiger partial charge in [0.1, 0.15) is 16.0 Å². The third-order valence-electron chi connectivity index (χ3n) is 1.77. The Hall–Kier alpha value is -1.07. The van der Waals surface area contributed by atoms with Gasteiger partial charge in [-0.05, 0) is 28.1 Å². The lowest BCUT2D eigenvalue weighted by atomic mass is 10.3. The van der Waals surface area contributed by atoms with Crippen molar-refractivity contribution < 1.29 is 19.0 Å². The van der Waals surface area contributed by atoms with Crippen molar-refractivity contribution >= 4 is 21.9 Å².